The Morgan fingerprint density at radius 2 is 2.12 bits per heavy atom. The van der Waals surface area contributed by atoms with Gasteiger partial charge in [0.25, 0.3) is 0 Å². The van der Waals surface area contributed by atoms with Gasteiger partial charge in [-0.3, -0.25) is 0 Å². The van der Waals surface area contributed by atoms with Crippen molar-refractivity contribution in [1.82, 2.24) is 5.32 Å². The highest BCUT2D eigenvalue weighted by Gasteiger charge is 2.16. The van der Waals surface area contributed by atoms with Gasteiger partial charge in [-0.15, -0.1) is 6.58 Å². The topological polar surface area (TPSA) is 21.3 Å². The zero-order chi connectivity index (χ0) is 12.1. The van der Waals surface area contributed by atoms with Crippen molar-refractivity contribution in [3.8, 4) is 5.75 Å². The molecule has 0 heterocycles. The van der Waals surface area contributed by atoms with Crippen LogP contribution in [0.15, 0.2) is 30.9 Å². The SMILES string of the molecule is C=CC(C)NC(C)c1c(F)cccc1OC. The van der Waals surface area contributed by atoms with Crippen LogP contribution in [0.5, 0.6) is 5.75 Å². The standard InChI is InChI=1S/C13H18FNO/c1-5-9(2)15-10(3)13-11(14)7-6-8-12(13)16-4/h5-10,15H,1H2,2-4H3. The van der Waals surface area contributed by atoms with Crippen molar-refractivity contribution < 1.29 is 9.13 Å². The lowest BCUT2D eigenvalue weighted by atomic mass is 10.1. The predicted octanol–water partition coefficient (Wildman–Crippen LogP) is 3.06. The van der Waals surface area contributed by atoms with Gasteiger partial charge in [0.2, 0.25) is 0 Å². The van der Waals surface area contributed by atoms with Crippen LogP contribution in [0.2, 0.25) is 0 Å². The number of hydrogen-bond donors (Lipinski definition) is 1. The Hall–Kier alpha value is -1.35. The first-order valence-corrected chi connectivity index (χ1v) is 5.31. The summed E-state index contributed by atoms with van der Waals surface area (Å²) in [5.74, 6) is 0.312. The van der Waals surface area contributed by atoms with Crippen LogP contribution in [-0.2, 0) is 0 Å². The summed E-state index contributed by atoms with van der Waals surface area (Å²) in [6.45, 7) is 7.56. The number of benzene rings is 1. The summed E-state index contributed by atoms with van der Waals surface area (Å²) in [7, 11) is 1.54. The lowest BCUT2D eigenvalue weighted by molar-refractivity contribution is 0.391. The van der Waals surface area contributed by atoms with Gasteiger partial charge >= 0.3 is 0 Å². The van der Waals surface area contributed by atoms with E-state index in [9.17, 15) is 4.39 Å². The van der Waals surface area contributed by atoms with Crippen LogP contribution in [0, 0.1) is 5.82 Å². The van der Waals surface area contributed by atoms with E-state index in [1.54, 1.807) is 25.3 Å². The van der Waals surface area contributed by atoms with E-state index in [4.69, 9.17) is 4.74 Å². The Labute approximate surface area is 96.1 Å². The molecule has 0 saturated carbocycles. The number of methoxy groups -OCH3 is 1. The van der Waals surface area contributed by atoms with Crippen molar-refractivity contribution in [1.29, 1.82) is 0 Å². The van der Waals surface area contributed by atoms with Crippen LogP contribution in [-0.4, -0.2) is 13.2 Å². The maximum Gasteiger partial charge on any atom is 0.131 e. The van der Waals surface area contributed by atoms with Crippen LogP contribution in [0.4, 0.5) is 4.39 Å². The van der Waals surface area contributed by atoms with Crippen molar-refractivity contribution in [3.63, 3.8) is 0 Å². The molecule has 2 nitrogen and oxygen atoms in total. The molecule has 1 rings (SSSR count). The number of ether oxygens (including phenoxy) is 1. The fraction of sp³-hybridized carbons (Fsp3) is 0.385. The van der Waals surface area contributed by atoms with E-state index in [1.165, 1.54) is 6.07 Å². The second-order valence-electron chi connectivity index (χ2n) is 3.77. The van der Waals surface area contributed by atoms with Crippen molar-refractivity contribution in [2.45, 2.75) is 25.9 Å². The normalized spacial score (nSPS) is 14.2. The molecule has 0 spiro atoms. The Kier molecular flexibility index (Phi) is 4.50. The van der Waals surface area contributed by atoms with Crippen LogP contribution < -0.4 is 10.1 Å². The van der Waals surface area contributed by atoms with Crippen LogP contribution in [0.3, 0.4) is 0 Å². The monoisotopic (exact) mass is 223 g/mol. The molecule has 16 heavy (non-hydrogen) atoms. The zero-order valence-corrected chi connectivity index (χ0v) is 9.96. The third kappa shape index (κ3) is 2.83. The maximum absolute atomic E-state index is 13.7. The molecule has 0 fully saturated rings. The molecule has 0 amide bonds. The molecule has 0 aliphatic rings. The molecule has 0 aromatic heterocycles. The van der Waals surface area contributed by atoms with Crippen molar-refractivity contribution in [2.24, 2.45) is 0 Å². The summed E-state index contributed by atoms with van der Waals surface area (Å²) in [4.78, 5) is 0. The number of halogens is 1. The molecule has 2 unspecified atom stereocenters. The second-order valence-corrected chi connectivity index (χ2v) is 3.77. The van der Waals surface area contributed by atoms with Gasteiger partial charge in [-0.05, 0) is 26.0 Å². The lowest BCUT2D eigenvalue weighted by Gasteiger charge is -2.20. The van der Waals surface area contributed by atoms with E-state index in [0.717, 1.165) is 0 Å². The third-order valence-electron chi connectivity index (χ3n) is 2.53. The molecule has 0 aliphatic heterocycles. The zero-order valence-electron chi connectivity index (χ0n) is 9.96. The smallest absolute Gasteiger partial charge is 0.131 e. The summed E-state index contributed by atoms with van der Waals surface area (Å²) in [5, 5.41) is 3.22. The van der Waals surface area contributed by atoms with Gasteiger partial charge in [0, 0.05) is 17.6 Å². The first-order chi connectivity index (χ1) is 7.60. The number of hydrogen-bond acceptors (Lipinski definition) is 2. The third-order valence-corrected chi connectivity index (χ3v) is 2.53. The first-order valence-electron chi connectivity index (χ1n) is 5.31. The van der Waals surface area contributed by atoms with Gasteiger partial charge in [0.15, 0.2) is 0 Å². The lowest BCUT2D eigenvalue weighted by Crippen LogP contribution is -2.27. The van der Waals surface area contributed by atoms with Gasteiger partial charge in [0.1, 0.15) is 11.6 Å². The highest BCUT2D eigenvalue weighted by Crippen LogP contribution is 2.27. The number of nitrogens with one attached hydrogen (secondary N) is 1. The fourth-order valence-electron chi connectivity index (χ4n) is 1.66. The fourth-order valence-corrected chi connectivity index (χ4v) is 1.66. The van der Waals surface area contributed by atoms with Gasteiger partial charge in [-0.25, -0.2) is 4.39 Å². The predicted molar refractivity (Wildman–Crippen MR) is 64.2 cm³/mol. The van der Waals surface area contributed by atoms with Crippen molar-refractivity contribution in [2.75, 3.05) is 7.11 Å². The first kappa shape index (κ1) is 12.7. The Balaban J connectivity index is 2.97. The quantitative estimate of drug-likeness (QED) is 0.775. The Bertz CT molecular complexity index is 365. The van der Waals surface area contributed by atoms with Crippen molar-refractivity contribution >= 4 is 0 Å². The molecule has 0 saturated heterocycles. The summed E-state index contributed by atoms with van der Waals surface area (Å²) in [6, 6.07) is 4.84. The minimum absolute atomic E-state index is 0.121. The molecule has 0 radical (unpaired) electrons. The molecular weight excluding hydrogens is 205 g/mol. The van der Waals surface area contributed by atoms with E-state index in [1.807, 2.05) is 13.8 Å². The average Bonchev–Trinajstić information content (AvgIpc) is 2.28. The largest absolute Gasteiger partial charge is 0.496 e. The van der Waals surface area contributed by atoms with Crippen molar-refractivity contribution in [3.05, 3.63) is 42.2 Å². The van der Waals surface area contributed by atoms with Crippen LogP contribution >= 0.6 is 0 Å². The van der Waals surface area contributed by atoms with Gasteiger partial charge < -0.3 is 10.1 Å². The highest BCUT2D eigenvalue weighted by molar-refractivity contribution is 5.37. The Morgan fingerprint density at radius 3 is 2.69 bits per heavy atom. The molecule has 1 aromatic rings. The van der Waals surface area contributed by atoms with Gasteiger partial charge in [-0.1, -0.05) is 12.1 Å². The van der Waals surface area contributed by atoms with E-state index < -0.39 is 0 Å². The molecule has 88 valence electrons. The van der Waals surface area contributed by atoms with Gasteiger partial charge in [0.05, 0.1) is 7.11 Å². The summed E-state index contributed by atoms with van der Waals surface area (Å²) < 4.78 is 18.9. The minimum Gasteiger partial charge on any atom is -0.496 e. The van der Waals surface area contributed by atoms with E-state index >= 15 is 0 Å². The van der Waals surface area contributed by atoms with Crippen LogP contribution in [0.25, 0.3) is 0 Å². The molecular formula is C13H18FNO. The molecule has 2 atom stereocenters. The van der Waals surface area contributed by atoms with E-state index in [2.05, 4.69) is 11.9 Å². The molecule has 1 N–H and O–H groups in total. The summed E-state index contributed by atoms with van der Waals surface area (Å²) in [5.41, 5.74) is 0.554. The number of rotatable bonds is 5. The molecule has 0 aliphatic carbocycles. The minimum atomic E-state index is -0.254. The summed E-state index contributed by atoms with van der Waals surface area (Å²) in [6.07, 6.45) is 1.78. The second kappa shape index (κ2) is 5.66. The van der Waals surface area contributed by atoms with Crippen LogP contribution in [0.1, 0.15) is 25.5 Å². The summed E-state index contributed by atoms with van der Waals surface area (Å²) >= 11 is 0. The molecule has 3 heteroatoms. The molecule has 0 bridgehead atoms. The van der Waals surface area contributed by atoms with Gasteiger partial charge in [-0.2, -0.15) is 0 Å². The average molecular weight is 223 g/mol. The maximum atomic E-state index is 13.7. The van der Waals surface area contributed by atoms with E-state index in [0.29, 0.717) is 11.3 Å². The van der Waals surface area contributed by atoms with E-state index in [-0.39, 0.29) is 17.9 Å². The molecule has 1 aromatic carbocycles. The Morgan fingerprint density at radius 1 is 1.44 bits per heavy atom. The highest BCUT2D eigenvalue weighted by atomic mass is 19.1.